The summed E-state index contributed by atoms with van der Waals surface area (Å²) in [6.07, 6.45) is 8.67. The topological polar surface area (TPSA) is 26.0 Å². The van der Waals surface area contributed by atoms with Gasteiger partial charge in [-0.05, 0) is 43.4 Å². The molecule has 18 heavy (non-hydrogen) atoms. The fraction of sp³-hybridized carbons (Fsp3) is 0.600. The van der Waals surface area contributed by atoms with Crippen LogP contribution in [0.5, 0.6) is 0 Å². The lowest BCUT2D eigenvalue weighted by Gasteiger charge is -2.34. The van der Waals surface area contributed by atoms with Gasteiger partial charge in [0.15, 0.2) is 0 Å². The first-order valence-corrected chi connectivity index (χ1v) is 8.19. The molecule has 0 unspecified atom stereocenters. The van der Waals surface area contributed by atoms with Gasteiger partial charge in [0.1, 0.15) is 0 Å². The van der Waals surface area contributed by atoms with Gasteiger partial charge in [-0.1, -0.05) is 36.9 Å². The summed E-state index contributed by atoms with van der Waals surface area (Å²) in [5.74, 6) is 0. The molecule has 0 bridgehead atoms. The zero-order valence-corrected chi connectivity index (χ0v) is 12.2. The monoisotopic (exact) mass is 281 g/mol. The number of hydrogen-bond acceptors (Lipinski definition) is 2. The van der Waals surface area contributed by atoms with Crippen molar-refractivity contribution in [1.82, 2.24) is 0 Å². The van der Waals surface area contributed by atoms with Crippen LogP contribution in [0.25, 0.3) is 0 Å². The van der Waals surface area contributed by atoms with Crippen LogP contribution in [0.4, 0.5) is 0 Å². The van der Waals surface area contributed by atoms with Crippen LogP contribution in [0.1, 0.15) is 50.5 Å². The van der Waals surface area contributed by atoms with Gasteiger partial charge in [0, 0.05) is 15.7 Å². The molecule has 3 heteroatoms. The molecule has 0 atom stereocenters. The molecule has 98 valence electrons. The van der Waals surface area contributed by atoms with Crippen molar-refractivity contribution in [2.75, 3.05) is 0 Å². The Hall–Kier alpha value is -0.180. The second-order valence-corrected chi connectivity index (χ2v) is 7.43. The van der Waals surface area contributed by atoms with E-state index in [2.05, 4.69) is 18.2 Å². The van der Waals surface area contributed by atoms with E-state index in [1.54, 1.807) is 0 Å². The smallest absolute Gasteiger partial charge is 0.0545 e. The molecule has 0 amide bonds. The predicted octanol–water partition coefficient (Wildman–Crippen LogP) is 4.71. The van der Waals surface area contributed by atoms with Crippen molar-refractivity contribution in [3.05, 3.63) is 28.8 Å². The van der Waals surface area contributed by atoms with Gasteiger partial charge in [-0.3, -0.25) is 0 Å². The normalized spacial score (nSPS) is 23.0. The second-order valence-electron chi connectivity index (χ2n) is 5.68. The molecule has 2 aliphatic rings. The fourth-order valence-corrected chi connectivity index (χ4v) is 4.11. The molecule has 0 aromatic heterocycles. The lowest BCUT2D eigenvalue weighted by atomic mass is 9.77. The van der Waals surface area contributed by atoms with E-state index >= 15 is 0 Å². The van der Waals surface area contributed by atoms with Crippen molar-refractivity contribution >= 4 is 23.4 Å². The summed E-state index contributed by atoms with van der Waals surface area (Å²) >= 11 is 8.32. The summed E-state index contributed by atoms with van der Waals surface area (Å²) in [4.78, 5) is 1.22. The molecule has 2 fully saturated rings. The Bertz CT molecular complexity index is 436. The number of halogens is 1. The number of nitrogens with two attached hydrogens (primary N) is 1. The molecule has 2 aliphatic carbocycles. The number of hydrogen-bond donors (Lipinski definition) is 1. The largest absolute Gasteiger partial charge is 0.321 e. The summed E-state index contributed by atoms with van der Waals surface area (Å²) in [5, 5.41) is 1.69. The van der Waals surface area contributed by atoms with E-state index in [1.807, 2.05) is 11.8 Å². The average molecular weight is 282 g/mol. The lowest BCUT2D eigenvalue weighted by Crippen LogP contribution is -2.38. The summed E-state index contributed by atoms with van der Waals surface area (Å²) in [6, 6.07) is 6.48. The van der Waals surface area contributed by atoms with E-state index in [-0.39, 0.29) is 5.54 Å². The Kier molecular flexibility index (Phi) is 3.61. The van der Waals surface area contributed by atoms with Crippen molar-refractivity contribution in [3.8, 4) is 0 Å². The van der Waals surface area contributed by atoms with E-state index < -0.39 is 0 Å². The molecule has 2 saturated carbocycles. The highest BCUT2D eigenvalue weighted by molar-refractivity contribution is 8.00. The molecule has 1 nitrogen and oxygen atoms in total. The molecule has 0 aliphatic heterocycles. The summed E-state index contributed by atoms with van der Waals surface area (Å²) in [7, 11) is 0. The van der Waals surface area contributed by atoms with Gasteiger partial charge in [-0.2, -0.15) is 0 Å². The van der Waals surface area contributed by atoms with Gasteiger partial charge >= 0.3 is 0 Å². The Morgan fingerprint density at radius 3 is 2.50 bits per heavy atom. The Morgan fingerprint density at radius 1 is 1.17 bits per heavy atom. The highest BCUT2D eigenvalue weighted by Gasteiger charge is 2.30. The first-order chi connectivity index (χ1) is 8.67. The zero-order chi connectivity index (χ0) is 12.6. The molecule has 3 rings (SSSR count). The zero-order valence-electron chi connectivity index (χ0n) is 10.6. The lowest BCUT2D eigenvalue weighted by molar-refractivity contribution is 0.302. The van der Waals surface area contributed by atoms with Crippen LogP contribution in [0.2, 0.25) is 5.02 Å². The van der Waals surface area contributed by atoms with Gasteiger partial charge in [0.05, 0.1) is 5.02 Å². The minimum atomic E-state index is -0.134. The van der Waals surface area contributed by atoms with Crippen LogP contribution in [-0.2, 0) is 5.54 Å². The molecule has 0 spiro atoms. The maximum Gasteiger partial charge on any atom is 0.0545 e. The maximum atomic E-state index is 6.55. The van der Waals surface area contributed by atoms with Crippen molar-refractivity contribution in [2.24, 2.45) is 5.73 Å². The van der Waals surface area contributed by atoms with Crippen molar-refractivity contribution in [2.45, 2.75) is 60.6 Å². The fourth-order valence-electron chi connectivity index (χ4n) is 2.74. The standard InChI is InChI=1S/C15H20ClNS/c16-13-10-11(15(17)8-2-1-3-9-15)4-7-14(13)18-12-5-6-12/h4,7,10,12H,1-3,5-6,8-9,17H2. The highest BCUT2D eigenvalue weighted by atomic mass is 35.5. The molecular formula is C15H20ClNS. The summed E-state index contributed by atoms with van der Waals surface area (Å²) in [6.45, 7) is 0. The molecule has 1 aromatic rings. The maximum absolute atomic E-state index is 6.55. The molecular weight excluding hydrogens is 262 g/mol. The van der Waals surface area contributed by atoms with Gasteiger partial charge < -0.3 is 5.73 Å². The van der Waals surface area contributed by atoms with E-state index in [1.165, 1.54) is 42.6 Å². The first kappa shape index (κ1) is 12.8. The van der Waals surface area contributed by atoms with E-state index in [9.17, 15) is 0 Å². The third kappa shape index (κ3) is 2.71. The van der Waals surface area contributed by atoms with Crippen molar-refractivity contribution in [3.63, 3.8) is 0 Å². The van der Waals surface area contributed by atoms with E-state index in [0.717, 1.165) is 23.1 Å². The van der Waals surface area contributed by atoms with Crippen LogP contribution in [0.15, 0.2) is 23.1 Å². The molecule has 1 aromatic carbocycles. The van der Waals surface area contributed by atoms with Gasteiger partial charge in [-0.15, -0.1) is 11.8 Å². The molecule has 0 heterocycles. The van der Waals surface area contributed by atoms with Gasteiger partial charge in [0.25, 0.3) is 0 Å². The van der Waals surface area contributed by atoms with Crippen LogP contribution in [0, 0.1) is 0 Å². The SMILES string of the molecule is NC1(c2ccc(SC3CC3)c(Cl)c2)CCCCC1. The third-order valence-electron chi connectivity index (χ3n) is 4.07. The van der Waals surface area contributed by atoms with Crippen LogP contribution in [-0.4, -0.2) is 5.25 Å². The van der Waals surface area contributed by atoms with Gasteiger partial charge in [-0.25, -0.2) is 0 Å². The number of thioether (sulfide) groups is 1. The predicted molar refractivity (Wildman–Crippen MR) is 79.3 cm³/mol. The Labute approximate surface area is 118 Å². The summed E-state index contributed by atoms with van der Waals surface area (Å²) in [5.41, 5.74) is 7.64. The Balaban J connectivity index is 1.81. The molecule has 2 N–H and O–H groups in total. The van der Waals surface area contributed by atoms with Crippen LogP contribution >= 0.6 is 23.4 Å². The highest BCUT2D eigenvalue weighted by Crippen LogP contribution is 2.43. The average Bonchev–Trinajstić information content (AvgIpc) is 3.17. The van der Waals surface area contributed by atoms with Crippen molar-refractivity contribution < 1.29 is 0 Å². The summed E-state index contributed by atoms with van der Waals surface area (Å²) < 4.78 is 0. The number of benzene rings is 1. The van der Waals surface area contributed by atoms with Gasteiger partial charge in [0.2, 0.25) is 0 Å². The quantitative estimate of drug-likeness (QED) is 0.868. The first-order valence-electron chi connectivity index (χ1n) is 6.93. The van der Waals surface area contributed by atoms with Crippen LogP contribution in [0.3, 0.4) is 0 Å². The van der Waals surface area contributed by atoms with Crippen molar-refractivity contribution in [1.29, 1.82) is 0 Å². The molecule has 0 radical (unpaired) electrons. The van der Waals surface area contributed by atoms with Crippen LogP contribution < -0.4 is 5.73 Å². The second kappa shape index (κ2) is 5.07. The minimum Gasteiger partial charge on any atom is -0.321 e. The third-order valence-corrected chi connectivity index (χ3v) is 5.91. The van der Waals surface area contributed by atoms with E-state index in [4.69, 9.17) is 17.3 Å². The van der Waals surface area contributed by atoms with E-state index in [0.29, 0.717) is 0 Å². The molecule has 0 saturated heterocycles. The Morgan fingerprint density at radius 2 is 1.89 bits per heavy atom. The minimum absolute atomic E-state index is 0.134. The number of rotatable bonds is 3.